The number of carbonyl (C=O) groups excluding carboxylic acids is 1. The Hall–Kier alpha value is -2.21. The lowest BCUT2D eigenvalue weighted by atomic mass is 10.2. The molecule has 2 aromatic carbocycles. The van der Waals surface area contributed by atoms with Crippen LogP contribution in [0.4, 0.5) is 0 Å². The maximum absolute atomic E-state index is 12.3. The quantitative estimate of drug-likeness (QED) is 0.688. The van der Waals surface area contributed by atoms with Crippen LogP contribution < -0.4 is 19.5 Å². The van der Waals surface area contributed by atoms with Gasteiger partial charge in [-0.15, -0.1) is 0 Å². The van der Waals surface area contributed by atoms with Crippen LogP contribution in [0.25, 0.3) is 0 Å². The molecule has 26 heavy (non-hydrogen) atoms. The van der Waals surface area contributed by atoms with Crippen molar-refractivity contribution in [1.29, 1.82) is 0 Å². The van der Waals surface area contributed by atoms with Crippen molar-refractivity contribution in [2.75, 3.05) is 7.11 Å². The molecule has 0 spiro atoms. The lowest BCUT2D eigenvalue weighted by Gasteiger charge is -2.16. The molecule has 0 radical (unpaired) electrons. The van der Waals surface area contributed by atoms with Crippen LogP contribution in [-0.2, 0) is 11.3 Å². The summed E-state index contributed by atoms with van der Waals surface area (Å²) >= 11 is 3.37. The van der Waals surface area contributed by atoms with Gasteiger partial charge in [-0.3, -0.25) is 4.79 Å². The second-order valence-corrected chi connectivity index (χ2v) is 7.00. The molecule has 5 nitrogen and oxygen atoms in total. The van der Waals surface area contributed by atoms with Crippen LogP contribution in [0.2, 0.25) is 0 Å². The number of hydrogen-bond acceptors (Lipinski definition) is 4. The molecule has 2 aromatic rings. The van der Waals surface area contributed by atoms with Crippen molar-refractivity contribution in [3.63, 3.8) is 0 Å². The summed E-state index contributed by atoms with van der Waals surface area (Å²) in [4.78, 5) is 12.3. The molecular weight excluding hydrogens is 398 g/mol. The van der Waals surface area contributed by atoms with Crippen molar-refractivity contribution in [1.82, 2.24) is 5.32 Å². The highest BCUT2D eigenvalue weighted by Crippen LogP contribution is 2.29. The number of amides is 1. The first-order valence-electron chi connectivity index (χ1n) is 8.42. The minimum absolute atomic E-state index is 0.0612. The zero-order valence-corrected chi connectivity index (χ0v) is 17.0. The van der Waals surface area contributed by atoms with Gasteiger partial charge in [-0.25, -0.2) is 0 Å². The highest BCUT2D eigenvalue weighted by Gasteiger charge is 2.15. The minimum atomic E-state index is -0.596. The third kappa shape index (κ3) is 5.95. The van der Waals surface area contributed by atoms with Gasteiger partial charge in [-0.1, -0.05) is 22.0 Å². The Labute approximate surface area is 162 Å². The third-order valence-electron chi connectivity index (χ3n) is 3.55. The molecule has 0 fully saturated rings. The molecule has 0 unspecified atom stereocenters. The Morgan fingerprint density at radius 1 is 1.04 bits per heavy atom. The number of methoxy groups -OCH3 is 1. The lowest BCUT2D eigenvalue weighted by molar-refractivity contribution is -0.127. The molecule has 1 atom stereocenters. The molecule has 0 aliphatic rings. The van der Waals surface area contributed by atoms with E-state index in [0.717, 1.165) is 10.0 Å². The predicted octanol–water partition coefficient (Wildman–Crippen LogP) is 4.33. The van der Waals surface area contributed by atoms with Crippen molar-refractivity contribution in [2.45, 2.75) is 39.5 Å². The van der Waals surface area contributed by atoms with Gasteiger partial charge in [0.15, 0.2) is 17.6 Å². The summed E-state index contributed by atoms with van der Waals surface area (Å²) in [6, 6.07) is 13.0. The monoisotopic (exact) mass is 421 g/mol. The number of hydrogen-bond donors (Lipinski definition) is 1. The van der Waals surface area contributed by atoms with Crippen LogP contribution in [0.15, 0.2) is 46.9 Å². The Bertz CT molecular complexity index is 731. The van der Waals surface area contributed by atoms with Gasteiger partial charge in [0.1, 0.15) is 5.75 Å². The summed E-state index contributed by atoms with van der Waals surface area (Å²) in [6.07, 6.45) is -0.535. The zero-order chi connectivity index (χ0) is 19.1. The number of ether oxygens (including phenoxy) is 3. The van der Waals surface area contributed by atoms with Crippen LogP contribution in [0, 0.1) is 0 Å². The number of rotatable bonds is 8. The standard InChI is InChI=1S/C20H24BrNO4/c1-13(2)25-18-10-5-15(11-19(18)24-4)12-22-20(23)14(3)26-17-8-6-16(21)7-9-17/h5-11,13-14H,12H2,1-4H3,(H,22,23)/t14-/m0/s1. The van der Waals surface area contributed by atoms with Gasteiger partial charge >= 0.3 is 0 Å². The highest BCUT2D eigenvalue weighted by molar-refractivity contribution is 9.10. The first-order chi connectivity index (χ1) is 12.4. The molecule has 0 aromatic heterocycles. The van der Waals surface area contributed by atoms with E-state index in [9.17, 15) is 4.79 Å². The lowest BCUT2D eigenvalue weighted by Crippen LogP contribution is -2.35. The van der Waals surface area contributed by atoms with Crippen LogP contribution in [0.3, 0.4) is 0 Å². The summed E-state index contributed by atoms with van der Waals surface area (Å²) in [5, 5.41) is 2.87. The summed E-state index contributed by atoms with van der Waals surface area (Å²) in [5.74, 6) is 1.79. The van der Waals surface area contributed by atoms with Gasteiger partial charge in [0.05, 0.1) is 13.2 Å². The first kappa shape index (κ1) is 20.1. The normalized spacial score (nSPS) is 11.8. The van der Waals surface area contributed by atoms with Gasteiger partial charge in [-0.2, -0.15) is 0 Å². The third-order valence-corrected chi connectivity index (χ3v) is 4.08. The summed E-state index contributed by atoms with van der Waals surface area (Å²) in [7, 11) is 1.60. The number of carbonyl (C=O) groups is 1. The fourth-order valence-electron chi connectivity index (χ4n) is 2.28. The molecule has 0 saturated heterocycles. The van der Waals surface area contributed by atoms with E-state index in [1.807, 2.05) is 56.3 Å². The largest absolute Gasteiger partial charge is 0.493 e. The van der Waals surface area contributed by atoms with E-state index in [2.05, 4.69) is 21.2 Å². The maximum atomic E-state index is 12.3. The summed E-state index contributed by atoms with van der Waals surface area (Å²) in [6.45, 7) is 6.02. The summed E-state index contributed by atoms with van der Waals surface area (Å²) < 4.78 is 17.7. The highest BCUT2D eigenvalue weighted by atomic mass is 79.9. The molecule has 0 bridgehead atoms. The molecule has 0 aliphatic heterocycles. The van der Waals surface area contributed by atoms with Crippen molar-refractivity contribution >= 4 is 21.8 Å². The van der Waals surface area contributed by atoms with Gasteiger partial charge in [-0.05, 0) is 62.7 Å². The molecule has 6 heteroatoms. The van der Waals surface area contributed by atoms with Crippen LogP contribution in [-0.4, -0.2) is 25.2 Å². The minimum Gasteiger partial charge on any atom is -0.493 e. The fourth-order valence-corrected chi connectivity index (χ4v) is 2.54. The SMILES string of the molecule is COc1cc(CNC(=O)[C@H](C)Oc2ccc(Br)cc2)ccc1OC(C)C. The van der Waals surface area contributed by atoms with E-state index in [1.54, 1.807) is 14.0 Å². The Morgan fingerprint density at radius 3 is 2.35 bits per heavy atom. The second-order valence-electron chi connectivity index (χ2n) is 6.08. The van der Waals surface area contributed by atoms with E-state index in [4.69, 9.17) is 14.2 Å². The van der Waals surface area contributed by atoms with E-state index in [-0.39, 0.29) is 12.0 Å². The first-order valence-corrected chi connectivity index (χ1v) is 9.22. The topological polar surface area (TPSA) is 56.8 Å². The van der Waals surface area contributed by atoms with Gasteiger partial charge in [0, 0.05) is 11.0 Å². The number of benzene rings is 2. The Morgan fingerprint density at radius 2 is 1.73 bits per heavy atom. The zero-order valence-electron chi connectivity index (χ0n) is 15.4. The van der Waals surface area contributed by atoms with Crippen molar-refractivity contribution in [3.05, 3.63) is 52.5 Å². The molecule has 2 rings (SSSR count). The predicted molar refractivity (Wildman–Crippen MR) is 105 cm³/mol. The number of nitrogens with one attached hydrogen (secondary N) is 1. The van der Waals surface area contributed by atoms with Crippen molar-refractivity contribution < 1.29 is 19.0 Å². The fraction of sp³-hybridized carbons (Fsp3) is 0.350. The summed E-state index contributed by atoms with van der Waals surface area (Å²) in [5.41, 5.74) is 0.919. The molecule has 140 valence electrons. The number of halogens is 1. The molecule has 0 saturated carbocycles. The van der Waals surface area contributed by atoms with E-state index in [1.165, 1.54) is 0 Å². The molecule has 0 aliphatic carbocycles. The average Bonchev–Trinajstić information content (AvgIpc) is 2.62. The van der Waals surface area contributed by atoms with Crippen LogP contribution >= 0.6 is 15.9 Å². The second kappa shape index (κ2) is 9.48. The van der Waals surface area contributed by atoms with Gasteiger partial charge < -0.3 is 19.5 Å². The van der Waals surface area contributed by atoms with Crippen molar-refractivity contribution in [3.8, 4) is 17.2 Å². The average molecular weight is 422 g/mol. The molecule has 0 heterocycles. The Kier molecular flexibility index (Phi) is 7.33. The van der Waals surface area contributed by atoms with Crippen molar-refractivity contribution in [2.24, 2.45) is 0 Å². The molecule has 1 amide bonds. The smallest absolute Gasteiger partial charge is 0.261 e. The van der Waals surface area contributed by atoms with E-state index >= 15 is 0 Å². The van der Waals surface area contributed by atoms with Gasteiger partial charge in [0.25, 0.3) is 5.91 Å². The van der Waals surface area contributed by atoms with Gasteiger partial charge in [0.2, 0.25) is 0 Å². The molecule has 1 N–H and O–H groups in total. The van der Waals surface area contributed by atoms with Crippen LogP contribution in [0.1, 0.15) is 26.3 Å². The van der Waals surface area contributed by atoms with E-state index < -0.39 is 6.10 Å². The van der Waals surface area contributed by atoms with Crippen LogP contribution in [0.5, 0.6) is 17.2 Å². The Balaban J connectivity index is 1.92. The van der Waals surface area contributed by atoms with E-state index in [0.29, 0.717) is 23.8 Å². The molecular formula is C20H24BrNO4. The maximum Gasteiger partial charge on any atom is 0.261 e.